The normalized spacial score (nSPS) is 18.8. The lowest BCUT2D eigenvalue weighted by Crippen LogP contribution is -2.44. The molecule has 9 nitrogen and oxygen atoms in total. The van der Waals surface area contributed by atoms with E-state index in [4.69, 9.17) is 9.84 Å². The summed E-state index contributed by atoms with van der Waals surface area (Å²) in [6.45, 7) is 0.395. The van der Waals surface area contributed by atoms with Crippen LogP contribution in [0.25, 0.3) is 0 Å². The Morgan fingerprint density at radius 1 is 1.27 bits per heavy atom. The number of hydrogen-bond donors (Lipinski definition) is 1. The van der Waals surface area contributed by atoms with E-state index in [-0.39, 0.29) is 32.0 Å². The van der Waals surface area contributed by atoms with Crippen LogP contribution in [-0.2, 0) is 23.6 Å². The fourth-order valence-electron chi connectivity index (χ4n) is 2.24. The van der Waals surface area contributed by atoms with Gasteiger partial charge in [0.25, 0.3) is 11.5 Å². The first-order chi connectivity index (χ1) is 10.3. The highest BCUT2D eigenvalue weighted by atomic mass is 16.5. The lowest BCUT2D eigenvalue weighted by Gasteiger charge is -2.22. The zero-order valence-electron chi connectivity index (χ0n) is 12.3. The summed E-state index contributed by atoms with van der Waals surface area (Å²) in [4.78, 5) is 48.5. The Balaban J connectivity index is 2.37. The molecular weight excluding hydrogens is 294 g/mol. The molecule has 1 N–H and O–H groups in total. The zero-order valence-corrected chi connectivity index (χ0v) is 12.3. The third-order valence-corrected chi connectivity index (χ3v) is 3.65. The van der Waals surface area contributed by atoms with Crippen molar-refractivity contribution in [1.29, 1.82) is 0 Å². The zero-order chi connectivity index (χ0) is 16.4. The van der Waals surface area contributed by atoms with Crippen LogP contribution in [0, 0.1) is 5.92 Å². The molecule has 1 aromatic rings. The van der Waals surface area contributed by atoms with E-state index in [0.29, 0.717) is 0 Å². The van der Waals surface area contributed by atoms with Crippen LogP contribution in [0.1, 0.15) is 10.5 Å². The van der Waals surface area contributed by atoms with Gasteiger partial charge < -0.3 is 14.7 Å². The second kappa shape index (κ2) is 6.14. The fourth-order valence-corrected chi connectivity index (χ4v) is 2.24. The maximum atomic E-state index is 12.5. The first-order valence-corrected chi connectivity index (χ1v) is 6.69. The molecule has 0 aliphatic carbocycles. The lowest BCUT2D eigenvalue weighted by atomic mass is 10.1. The van der Waals surface area contributed by atoms with Gasteiger partial charge in [-0.05, 0) is 0 Å². The summed E-state index contributed by atoms with van der Waals surface area (Å²) in [6, 6.07) is 1.07. The molecule has 1 unspecified atom stereocenters. The fraction of sp³-hybridized carbons (Fsp3) is 0.538. The number of carbonyl (C=O) groups excluding carboxylic acids is 1. The molecule has 0 saturated carbocycles. The van der Waals surface area contributed by atoms with Crippen molar-refractivity contribution in [3.05, 3.63) is 32.6 Å². The third-order valence-electron chi connectivity index (χ3n) is 3.65. The summed E-state index contributed by atoms with van der Waals surface area (Å²) >= 11 is 0. The van der Waals surface area contributed by atoms with Crippen molar-refractivity contribution >= 4 is 11.9 Å². The molecule has 0 spiro atoms. The summed E-state index contributed by atoms with van der Waals surface area (Å²) < 4.78 is 7.14. The summed E-state index contributed by atoms with van der Waals surface area (Å²) in [5.41, 5.74) is -1.27. The Morgan fingerprint density at radius 3 is 2.59 bits per heavy atom. The predicted molar refractivity (Wildman–Crippen MR) is 74.8 cm³/mol. The molecule has 2 heterocycles. The Hall–Kier alpha value is -2.42. The minimum absolute atomic E-state index is 0.0224. The number of hydrogen-bond acceptors (Lipinski definition) is 5. The SMILES string of the molecule is Cn1c(C(=O)N2CCOCC(C(=O)O)C2)cc(=O)n(C)c1=O. The van der Waals surface area contributed by atoms with Crippen molar-refractivity contribution < 1.29 is 19.4 Å². The summed E-state index contributed by atoms with van der Waals surface area (Å²) in [7, 11) is 2.71. The monoisotopic (exact) mass is 311 g/mol. The van der Waals surface area contributed by atoms with Gasteiger partial charge in [0.15, 0.2) is 0 Å². The van der Waals surface area contributed by atoms with Gasteiger partial charge in [0, 0.05) is 33.3 Å². The van der Waals surface area contributed by atoms with Crippen LogP contribution < -0.4 is 11.2 Å². The van der Waals surface area contributed by atoms with Crippen molar-refractivity contribution in [2.24, 2.45) is 20.0 Å². The average Bonchev–Trinajstić information content (AvgIpc) is 2.74. The van der Waals surface area contributed by atoms with Crippen LogP contribution >= 0.6 is 0 Å². The molecule has 1 aromatic heterocycles. The van der Waals surface area contributed by atoms with Crippen molar-refractivity contribution in [2.75, 3.05) is 26.3 Å². The highest BCUT2D eigenvalue weighted by Gasteiger charge is 2.29. The van der Waals surface area contributed by atoms with Crippen LogP contribution in [0.4, 0.5) is 0 Å². The van der Waals surface area contributed by atoms with Gasteiger partial charge in [-0.2, -0.15) is 0 Å². The van der Waals surface area contributed by atoms with Gasteiger partial charge in [0.05, 0.1) is 19.1 Å². The van der Waals surface area contributed by atoms with Crippen molar-refractivity contribution in [2.45, 2.75) is 0 Å². The quantitative estimate of drug-likeness (QED) is 0.694. The van der Waals surface area contributed by atoms with Gasteiger partial charge in [-0.15, -0.1) is 0 Å². The largest absolute Gasteiger partial charge is 0.481 e. The van der Waals surface area contributed by atoms with Crippen LogP contribution in [0.3, 0.4) is 0 Å². The van der Waals surface area contributed by atoms with Gasteiger partial charge in [-0.25, -0.2) is 4.79 Å². The Morgan fingerprint density at radius 2 is 1.95 bits per heavy atom. The number of carboxylic acid groups (broad SMARTS) is 1. The van der Waals surface area contributed by atoms with Crippen molar-refractivity contribution in [3.63, 3.8) is 0 Å². The van der Waals surface area contributed by atoms with E-state index in [1.807, 2.05) is 0 Å². The van der Waals surface area contributed by atoms with E-state index in [1.165, 1.54) is 19.0 Å². The molecule has 22 heavy (non-hydrogen) atoms. The molecule has 1 atom stereocenters. The summed E-state index contributed by atoms with van der Waals surface area (Å²) in [6.07, 6.45) is 0. The number of aliphatic carboxylic acids is 1. The van der Waals surface area contributed by atoms with Gasteiger partial charge in [0.1, 0.15) is 5.69 Å². The molecule has 1 saturated heterocycles. The van der Waals surface area contributed by atoms with Gasteiger partial charge in [-0.3, -0.25) is 23.5 Å². The van der Waals surface area contributed by atoms with Crippen LogP contribution in [0.5, 0.6) is 0 Å². The molecule has 1 aliphatic rings. The van der Waals surface area contributed by atoms with E-state index in [2.05, 4.69) is 0 Å². The Labute approximate surface area is 125 Å². The number of ether oxygens (including phenoxy) is 1. The summed E-state index contributed by atoms with van der Waals surface area (Å²) in [5.74, 6) is -2.46. The van der Waals surface area contributed by atoms with Crippen molar-refractivity contribution in [3.8, 4) is 0 Å². The lowest BCUT2D eigenvalue weighted by molar-refractivity contribution is -0.143. The maximum absolute atomic E-state index is 12.5. The summed E-state index contributed by atoms with van der Waals surface area (Å²) in [5, 5.41) is 9.09. The first kappa shape index (κ1) is 16.0. The number of carbonyl (C=O) groups is 2. The van der Waals surface area contributed by atoms with E-state index < -0.39 is 29.0 Å². The maximum Gasteiger partial charge on any atom is 0.331 e. The number of carboxylic acids is 1. The van der Waals surface area contributed by atoms with Crippen molar-refractivity contribution in [1.82, 2.24) is 14.0 Å². The van der Waals surface area contributed by atoms with Crippen LogP contribution in [0.2, 0.25) is 0 Å². The van der Waals surface area contributed by atoms with Gasteiger partial charge >= 0.3 is 11.7 Å². The van der Waals surface area contributed by atoms with E-state index in [0.717, 1.165) is 15.2 Å². The number of aromatic nitrogens is 2. The Bertz CT molecular complexity index is 719. The van der Waals surface area contributed by atoms with E-state index in [9.17, 15) is 19.2 Å². The highest BCUT2D eigenvalue weighted by molar-refractivity contribution is 5.92. The van der Waals surface area contributed by atoms with Crippen LogP contribution in [-0.4, -0.2) is 57.3 Å². The molecule has 1 amide bonds. The second-order valence-electron chi connectivity index (χ2n) is 5.13. The number of nitrogens with zero attached hydrogens (tertiary/aromatic N) is 3. The molecule has 0 aromatic carbocycles. The third kappa shape index (κ3) is 2.93. The minimum atomic E-state index is -1.06. The smallest absolute Gasteiger partial charge is 0.331 e. The first-order valence-electron chi connectivity index (χ1n) is 6.69. The van der Waals surface area contributed by atoms with Crippen LogP contribution in [0.15, 0.2) is 15.7 Å². The molecular formula is C13H17N3O6. The van der Waals surface area contributed by atoms with E-state index in [1.54, 1.807) is 0 Å². The number of amides is 1. The molecule has 9 heteroatoms. The molecule has 2 rings (SSSR count). The molecule has 1 aliphatic heterocycles. The molecule has 0 bridgehead atoms. The van der Waals surface area contributed by atoms with E-state index >= 15 is 0 Å². The molecule has 1 fully saturated rings. The molecule has 0 radical (unpaired) electrons. The average molecular weight is 311 g/mol. The Kier molecular flexibility index (Phi) is 4.45. The minimum Gasteiger partial charge on any atom is -0.481 e. The topological polar surface area (TPSA) is 111 Å². The second-order valence-corrected chi connectivity index (χ2v) is 5.13. The van der Waals surface area contributed by atoms with Gasteiger partial charge in [-0.1, -0.05) is 0 Å². The predicted octanol–water partition coefficient (Wildman–Crippen LogP) is -1.74. The van der Waals surface area contributed by atoms with Gasteiger partial charge in [0.2, 0.25) is 0 Å². The standard InChI is InChI=1S/C13H17N3O6/c1-14-9(5-10(17)15(2)13(14)21)11(18)16-3-4-22-7-8(6-16)12(19)20/h5,8H,3-4,6-7H2,1-2H3,(H,19,20). The highest BCUT2D eigenvalue weighted by Crippen LogP contribution is 2.10. The number of rotatable bonds is 2. The molecule has 120 valence electrons.